The molecule has 2 aromatic rings. The Morgan fingerprint density at radius 2 is 2.00 bits per heavy atom. The lowest BCUT2D eigenvalue weighted by Gasteiger charge is -2.26. The van der Waals surface area contributed by atoms with Crippen LogP contribution in [0, 0.1) is 13.8 Å². The van der Waals surface area contributed by atoms with Crippen molar-refractivity contribution in [3.8, 4) is 5.75 Å². The van der Waals surface area contributed by atoms with Crippen molar-refractivity contribution in [2.24, 2.45) is 0 Å². The molecule has 0 saturated carbocycles. The monoisotopic (exact) mass is 288 g/mol. The van der Waals surface area contributed by atoms with Crippen LogP contribution in [-0.2, 0) is 0 Å². The summed E-state index contributed by atoms with van der Waals surface area (Å²) in [6.45, 7) is 8.40. The molecule has 0 atom stereocenters. The van der Waals surface area contributed by atoms with Gasteiger partial charge in [-0.3, -0.25) is 0 Å². The molecule has 0 amide bonds. The molecule has 4 heteroatoms. The normalized spacial score (nSPS) is 16.5. The zero-order valence-corrected chi connectivity index (χ0v) is 13.0. The van der Waals surface area contributed by atoms with Crippen LogP contribution >= 0.6 is 0 Å². The van der Waals surface area contributed by atoms with E-state index in [0.717, 1.165) is 47.5 Å². The van der Waals surface area contributed by atoms with E-state index in [-0.39, 0.29) is 0 Å². The van der Waals surface area contributed by atoms with E-state index in [1.807, 2.05) is 26.0 Å². The maximum Gasteiger partial charge on any atom is 0.173 e. The number of ether oxygens (including phenoxy) is 1. The number of fused-ring (bicyclic) bond motifs is 1. The molecule has 2 heterocycles. The van der Waals surface area contributed by atoms with Crippen molar-refractivity contribution < 1.29 is 9.26 Å². The van der Waals surface area contributed by atoms with E-state index in [1.54, 1.807) is 0 Å². The van der Waals surface area contributed by atoms with Gasteiger partial charge in [-0.1, -0.05) is 11.6 Å². The van der Waals surface area contributed by atoms with E-state index >= 15 is 0 Å². The zero-order valence-electron chi connectivity index (χ0n) is 13.0. The largest absolute Gasteiger partial charge is 0.493 e. The molecule has 3 rings (SSSR count). The minimum Gasteiger partial charge on any atom is -0.493 e. The molecule has 0 radical (unpaired) electrons. The molecule has 114 valence electrons. The number of piperidine rings is 1. The summed E-state index contributed by atoms with van der Waals surface area (Å²) in [5, 5.41) is 5.10. The Morgan fingerprint density at radius 3 is 2.81 bits per heavy atom. The predicted molar refractivity (Wildman–Crippen MR) is 83.9 cm³/mol. The Labute approximate surface area is 126 Å². The second kappa shape index (κ2) is 6.48. The summed E-state index contributed by atoms with van der Waals surface area (Å²) in [5.41, 5.74) is 2.83. The van der Waals surface area contributed by atoms with Crippen LogP contribution < -0.4 is 4.74 Å². The minimum atomic E-state index is 0.760. The number of hydrogen-bond donors (Lipinski definition) is 0. The highest BCUT2D eigenvalue weighted by molar-refractivity contribution is 5.84. The van der Waals surface area contributed by atoms with E-state index in [2.05, 4.69) is 10.1 Å². The van der Waals surface area contributed by atoms with Crippen LogP contribution in [0.25, 0.3) is 11.0 Å². The third-order valence-corrected chi connectivity index (χ3v) is 4.34. The van der Waals surface area contributed by atoms with Crippen molar-refractivity contribution in [2.75, 3.05) is 26.2 Å². The first-order chi connectivity index (χ1) is 10.3. The Kier molecular flexibility index (Phi) is 4.44. The molecule has 1 aromatic carbocycles. The second-order valence-electron chi connectivity index (χ2n) is 5.94. The van der Waals surface area contributed by atoms with E-state index in [1.165, 1.54) is 32.4 Å². The lowest BCUT2D eigenvalue weighted by atomic mass is 10.1. The quantitative estimate of drug-likeness (QED) is 0.786. The summed E-state index contributed by atoms with van der Waals surface area (Å²) in [6.07, 6.45) is 5.17. The van der Waals surface area contributed by atoms with Crippen LogP contribution in [0.5, 0.6) is 5.75 Å². The maximum absolute atomic E-state index is 5.93. The van der Waals surface area contributed by atoms with Gasteiger partial charge in [-0.25, -0.2) is 0 Å². The van der Waals surface area contributed by atoms with E-state index < -0.39 is 0 Å². The van der Waals surface area contributed by atoms with E-state index in [4.69, 9.17) is 9.26 Å². The van der Waals surface area contributed by atoms with Crippen molar-refractivity contribution in [1.29, 1.82) is 0 Å². The molecule has 1 aromatic heterocycles. The molecule has 0 spiro atoms. The minimum absolute atomic E-state index is 0.760. The summed E-state index contributed by atoms with van der Waals surface area (Å²) in [6, 6.07) is 4.07. The Morgan fingerprint density at radius 1 is 1.19 bits per heavy atom. The predicted octanol–water partition coefficient (Wildman–Crippen LogP) is 3.70. The number of rotatable bonds is 5. The molecule has 21 heavy (non-hydrogen) atoms. The van der Waals surface area contributed by atoms with Gasteiger partial charge in [-0.05, 0) is 58.3 Å². The number of benzene rings is 1. The molecular formula is C17H24N2O2. The fourth-order valence-corrected chi connectivity index (χ4v) is 3.05. The molecular weight excluding hydrogens is 264 g/mol. The van der Waals surface area contributed by atoms with Gasteiger partial charge in [-0.15, -0.1) is 0 Å². The highest BCUT2D eigenvalue weighted by Crippen LogP contribution is 2.29. The molecule has 1 fully saturated rings. The summed E-state index contributed by atoms with van der Waals surface area (Å²) in [5.74, 6) is 0.914. The molecule has 1 saturated heterocycles. The Hall–Kier alpha value is -1.55. The zero-order chi connectivity index (χ0) is 14.7. The molecule has 1 aliphatic rings. The Bertz CT molecular complexity index is 600. The van der Waals surface area contributed by atoms with Crippen molar-refractivity contribution >= 4 is 11.0 Å². The summed E-state index contributed by atoms with van der Waals surface area (Å²) in [4.78, 5) is 2.54. The first-order valence-corrected chi connectivity index (χ1v) is 7.96. The number of nitrogens with zero attached hydrogens (tertiary/aromatic N) is 2. The third-order valence-electron chi connectivity index (χ3n) is 4.34. The molecule has 4 nitrogen and oxygen atoms in total. The average Bonchev–Trinajstić information content (AvgIpc) is 2.89. The SMILES string of the molecule is Cc1noc2c(C)c(OCCCN3CCCCC3)ccc12. The lowest BCUT2D eigenvalue weighted by Crippen LogP contribution is -2.31. The van der Waals surface area contributed by atoms with E-state index in [0.29, 0.717) is 0 Å². The van der Waals surface area contributed by atoms with Crippen molar-refractivity contribution in [2.45, 2.75) is 39.5 Å². The highest BCUT2D eigenvalue weighted by Gasteiger charge is 2.12. The smallest absolute Gasteiger partial charge is 0.173 e. The maximum atomic E-state index is 5.93. The fraction of sp³-hybridized carbons (Fsp3) is 0.588. The summed E-state index contributed by atoms with van der Waals surface area (Å²) < 4.78 is 11.3. The summed E-state index contributed by atoms with van der Waals surface area (Å²) >= 11 is 0. The van der Waals surface area contributed by atoms with Crippen LogP contribution in [0.2, 0.25) is 0 Å². The Balaban J connectivity index is 1.54. The number of likely N-dealkylation sites (tertiary alicyclic amines) is 1. The van der Waals surface area contributed by atoms with Gasteiger partial charge in [0.25, 0.3) is 0 Å². The van der Waals surface area contributed by atoms with Gasteiger partial charge in [0.1, 0.15) is 5.75 Å². The van der Waals surface area contributed by atoms with Crippen molar-refractivity contribution in [3.05, 3.63) is 23.4 Å². The first-order valence-electron chi connectivity index (χ1n) is 7.96. The van der Waals surface area contributed by atoms with Gasteiger partial charge in [0, 0.05) is 17.5 Å². The van der Waals surface area contributed by atoms with Crippen molar-refractivity contribution in [3.63, 3.8) is 0 Å². The standard InChI is InChI=1S/C17H24N2O2/c1-13-16(8-7-15-14(2)18-21-17(13)15)20-12-6-11-19-9-4-3-5-10-19/h7-8H,3-6,9-12H2,1-2H3. The van der Waals surface area contributed by atoms with Gasteiger partial charge in [-0.2, -0.15) is 0 Å². The number of aromatic nitrogens is 1. The topological polar surface area (TPSA) is 38.5 Å². The van der Waals surface area contributed by atoms with E-state index in [9.17, 15) is 0 Å². The van der Waals surface area contributed by atoms with Gasteiger partial charge in [0.2, 0.25) is 0 Å². The number of aryl methyl sites for hydroxylation is 2. The van der Waals surface area contributed by atoms with Gasteiger partial charge in [0.05, 0.1) is 12.3 Å². The molecule has 0 unspecified atom stereocenters. The van der Waals surface area contributed by atoms with Crippen LogP contribution in [-0.4, -0.2) is 36.3 Å². The van der Waals surface area contributed by atoms with Crippen LogP contribution in [0.15, 0.2) is 16.7 Å². The van der Waals surface area contributed by atoms with Crippen molar-refractivity contribution in [1.82, 2.24) is 10.1 Å². The number of hydrogen-bond acceptors (Lipinski definition) is 4. The van der Waals surface area contributed by atoms with Gasteiger partial charge in [0.15, 0.2) is 5.58 Å². The van der Waals surface area contributed by atoms with Gasteiger partial charge >= 0.3 is 0 Å². The molecule has 0 N–H and O–H groups in total. The van der Waals surface area contributed by atoms with Crippen LogP contribution in [0.1, 0.15) is 36.9 Å². The third kappa shape index (κ3) is 3.21. The first kappa shape index (κ1) is 14.4. The second-order valence-corrected chi connectivity index (χ2v) is 5.94. The van der Waals surface area contributed by atoms with Crippen LogP contribution in [0.3, 0.4) is 0 Å². The molecule has 0 bridgehead atoms. The lowest BCUT2D eigenvalue weighted by molar-refractivity contribution is 0.204. The molecule has 1 aliphatic heterocycles. The highest BCUT2D eigenvalue weighted by atomic mass is 16.5. The summed E-state index contributed by atoms with van der Waals surface area (Å²) in [7, 11) is 0. The fourth-order valence-electron chi connectivity index (χ4n) is 3.05. The average molecular weight is 288 g/mol. The molecule has 0 aliphatic carbocycles. The van der Waals surface area contributed by atoms with Gasteiger partial charge < -0.3 is 14.2 Å². The van der Waals surface area contributed by atoms with Crippen LogP contribution in [0.4, 0.5) is 0 Å².